The second kappa shape index (κ2) is 12.9. The summed E-state index contributed by atoms with van der Waals surface area (Å²) in [7, 11) is 0. The van der Waals surface area contributed by atoms with Crippen molar-refractivity contribution in [1.29, 1.82) is 0 Å². The molecule has 0 amide bonds. The molecule has 0 aromatic heterocycles. The SMILES string of the molecule is C=C(OC1CC[N+]2(CCCC2)C(CC)C1)C(OC(Cc1ccc(O)cc1)OC=O)(c1ccccc1)c1ccccc1. The third kappa shape index (κ3) is 6.19. The van der Waals surface area contributed by atoms with E-state index in [1.807, 2.05) is 60.7 Å². The molecule has 2 heterocycles. The van der Waals surface area contributed by atoms with Crippen molar-refractivity contribution in [2.45, 2.75) is 69.5 Å². The van der Waals surface area contributed by atoms with Gasteiger partial charge < -0.3 is 23.8 Å². The molecular formula is C35H42NO5+. The maximum absolute atomic E-state index is 11.7. The van der Waals surface area contributed by atoms with Gasteiger partial charge in [-0.05, 0) is 35.2 Å². The van der Waals surface area contributed by atoms with Gasteiger partial charge in [0.15, 0.2) is 5.60 Å². The van der Waals surface area contributed by atoms with Gasteiger partial charge >= 0.3 is 0 Å². The number of nitrogens with zero attached hydrogens (tertiary/aromatic N) is 1. The minimum Gasteiger partial charge on any atom is -0.508 e. The maximum atomic E-state index is 11.7. The fourth-order valence-electron chi connectivity index (χ4n) is 6.97. The van der Waals surface area contributed by atoms with Gasteiger partial charge in [0.2, 0.25) is 6.29 Å². The monoisotopic (exact) mass is 556 g/mol. The number of aromatic hydroxyl groups is 1. The molecular weight excluding hydrogens is 514 g/mol. The fourth-order valence-corrected chi connectivity index (χ4v) is 6.97. The van der Waals surface area contributed by atoms with Crippen LogP contribution >= 0.6 is 0 Å². The van der Waals surface area contributed by atoms with Gasteiger partial charge in [-0.1, -0.05) is 86.3 Å². The number of hydrogen-bond donors (Lipinski definition) is 1. The van der Waals surface area contributed by atoms with Crippen molar-refractivity contribution in [3.05, 3.63) is 114 Å². The highest BCUT2D eigenvalue weighted by Gasteiger charge is 2.47. The Balaban J connectivity index is 1.50. The molecule has 0 bridgehead atoms. The Morgan fingerprint density at radius 3 is 2.15 bits per heavy atom. The number of phenols is 1. The third-order valence-corrected chi connectivity index (χ3v) is 9.05. The molecule has 3 unspecified atom stereocenters. The molecule has 0 aliphatic carbocycles. The van der Waals surface area contributed by atoms with E-state index in [-0.39, 0.29) is 18.3 Å². The number of phenolic OH excluding ortho intramolecular Hbond substituents is 1. The largest absolute Gasteiger partial charge is 0.508 e. The second-order valence-electron chi connectivity index (χ2n) is 11.4. The lowest BCUT2D eigenvalue weighted by Gasteiger charge is -2.48. The smallest absolute Gasteiger partial charge is 0.295 e. The first-order valence-corrected chi connectivity index (χ1v) is 14.9. The number of quaternary nitrogens is 1. The Kier molecular flexibility index (Phi) is 9.11. The lowest BCUT2D eigenvalue weighted by Crippen LogP contribution is -2.58. The fraction of sp³-hybridized carbons (Fsp3) is 0.400. The molecule has 3 aromatic carbocycles. The molecule has 2 fully saturated rings. The van der Waals surface area contributed by atoms with Crippen LogP contribution in [0.4, 0.5) is 0 Å². The summed E-state index contributed by atoms with van der Waals surface area (Å²) >= 11 is 0. The Labute approximate surface area is 243 Å². The summed E-state index contributed by atoms with van der Waals surface area (Å²) in [6.45, 7) is 10.9. The van der Waals surface area contributed by atoms with Gasteiger partial charge in [-0.15, -0.1) is 0 Å². The lowest BCUT2D eigenvalue weighted by atomic mass is 9.84. The predicted octanol–water partition coefficient (Wildman–Crippen LogP) is 6.48. The Morgan fingerprint density at radius 2 is 1.59 bits per heavy atom. The summed E-state index contributed by atoms with van der Waals surface area (Å²) < 4.78 is 20.5. The first-order chi connectivity index (χ1) is 20.0. The van der Waals surface area contributed by atoms with Gasteiger partial charge in [-0.25, -0.2) is 0 Å². The maximum Gasteiger partial charge on any atom is 0.295 e. The van der Waals surface area contributed by atoms with Crippen molar-refractivity contribution >= 4 is 6.47 Å². The van der Waals surface area contributed by atoms with Crippen LogP contribution in [-0.4, -0.2) is 54.1 Å². The molecule has 2 aliphatic rings. The van der Waals surface area contributed by atoms with Crippen LogP contribution in [0.2, 0.25) is 0 Å². The van der Waals surface area contributed by atoms with Crippen LogP contribution in [0.1, 0.15) is 55.7 Å². The average Bonchev–Trinajstić information content (AvgIpc) is 3.48. The van der Waals surface area contributed by atoms with Crippen LogP contribution in [0.25, 0.3) is 0 Å². The molecule has 6 nitrogen and oxygen atoms in total. The number of rotatable bonds is 12. The topological polar surface area (TPSA) is 65.0 Å². The predicted molar refractivity (Wildman–Crippen MR) is 159 cm³/mol. The molecule has 216 valence electrons. The standard InChI is InChI=1S/C35H41NO5/c1-3-31-25-33(20-23-36(31)21-10-11-22-36)40-27(2)35(29-12-6-4-7-13-29,30-14-8-5-9-15-30)41-34(39-26-37)24-28-16-18-32(38)19-17-28/h4-9,12-19,26,31,33-34H,2-3,10-11,20-25H2,1H3/p+1. The van der Waals surface area contributed by atoms with E-state index < -0.39 is 11.9 Å². The summed E-state index contributed by atoms with van der Waals surface area (Å²) in [6, 6.07) is 27.2. The van der Waals surface area contributed by atoms with Gasteiger partial charge in [0.1, 0.15) is 17.6 Å². The minimum atomic E-state index is -1.23. The number of ether oxygens (including phenoxy) is 3. The van der Waals surface area contributed by atoms with E-state index in [0.717, 1.165) is 42.5 Å². The highest BCUT2D eigenvalue weighted by Crippen LogP contribution is 2.44. The molecule has 1 N–H and O–H groups in total. The molecule has 6 heteroatoms. The molecule has 1 spiro atoms. The van der Waals surface area contributed by atoms with E-state index in [1.54, 1.807) is 24.3 Å². The first kappa shape index (κ1) is 28.9. The van der Waals surface area contributed by atoms with Crippen molar-refractivity contribution in [2.24, 2.45) is 0 Å². The highest BCUT2D eigenvalue weighted by atomic mass is 16.7. The van der Waals surface area contributed by atoms with Gasteiger partial charge in [-0.3, -0.25) is 4.79 Å². The van der Waals surface area contributed by atoms with Crippen LogP contribution in [0.15, 0.2) is 97.3 Å². The Hall–Kier alpha value is -3.61. The van der Waals surface area contributed by atoms with Crippen LogP contribution in [-0.2, 0) is 31.0 Å². The molecule has 0 radical (unpaired) electrons. The number of carbonyl (C=O) groups excluding carboxylic acids is 1. The van der Waals surface area contributed by atoms with Crippen LogP contribution in [0.3, 0.4) is 0 Å². The summed E-state index contributed by atoms with van der Waals surface area (Å²) in [5.74, 6) is 0.651. The Bertz CT molecular complexity index is 1230. The zero-order valence-corrected chi connectivity index (χ0v) is 24.0. The van der Waals surface area contributed by atoms with Crippen molar-refractivity contribution in [3.63, 3.8) is 0 Å². The van der Waals surface area contributed by atoms with E-state index in [2.05, 4.69) is 13.5 Å². The summed E-state index contributed by atoms with van der Waals surface area (Å²) in [5.41, 5.74) is 1.31. The summed E-state index contributed by atoms with van der Waals surface area (Å²) in [4.78, 5) is 11.7. The Morgan fingerprint density at radius 1 is 0.976 bits per heavy atom. The van der Waals surface area contributed by atoms with E-state index in [0.29, 0.717) is 18.3 Å². The molecule has 3 aromatic rings. The summed E-state index contributed by atoms with van der Waals surface area (Å²) in [6.07, 6.45) is 5.08. The first-order valence-electron chi connectivity index (χ1n) is 14.9. The number of benzene rings is 3. The normalized spacial score (nSPS) is 20.8. The molecule has 0 saturated carbocycles. The minimum absolute atomic E-state index is 0.0229. The van der Waals surface area contributed by atoms with Crippen LogP contribution < -0.4 is 0 Å². The van der Waals surface area contributed by atoms with Crippen LogP contribution in [0, 0.1) is 0 Å². The van der Waals surface area contributed by atoms with Gasteiger partial charge in [0.05, 0.1) is 25.7 Å². The quantitative estimate of drug-likeness (QED) is 0.120. The van der Waals surface area contributed by atoms with Crippen molar-refractivity contribution < 1.29 is 28.6 Å². The van der Waals surface area contributed by atoms with Crippen LogP contribution in [0.5, 0.6) is 5.75 Å². The molecule has 41 heavy (non-hydrogen) atoms. The number of piperidine rings is 1. The second-order valence-corrected chi connectivity index (χ2v) is 11.4. The number of carbonyl (C=O) groups is 1. The van der Waals surface area contributed by atoms with Crippen molar-refractivity contribution in [3.8, 4) is 5.75 Å². The zero-order chi connectivity index (χ0) is 28.7. The van der Waals surface area contributed by atoms with E-state index in [1.165, 1.54) is 30.4 Å². The molecule has 2 aliphatic heterocycles. The summed E-state index contributed by atoms with van der Waals surface area (Å²) in [5, 5.41) is 9.76. The number of hydrogen-bond acceptors (Lipinski definition) is 5. The zero-order valence-electron chi connectivity index (χ0n) is 24.0. The van der Waals surface area contributed by atoms with E-state index in [4.69, 9.17) is 14.2 Å². The molecule has 5 rings (SSSR count). The van der Waals surface area contributed by atoms with Crippen molar-refractivity contribution in [2.75, 3.05) is 19.6 Å². The van der Waals surface area contributed by atoms with Gasteiger partial charge in [-0.2, -0.15) is 0 Å². The van der Waals surface area contributed by atoms with Crippen molar-refractivity contribution in [1.82, 2.24) is 0 Å². The third-order valence-electron chi connectivity index (χ3n) is 9.05. The molecule has 2 saturated heterocycles. The highest BCUT2D eigenvalue weighted by molar-refractivity contribution is 5.44. The van der Waals surface area contributed by atoms with Gasteiger partial charge in [0, 0.05) is 32.1 Å². The average molecular weight is 557 g/mol. The molecule has 3 atom stereocenters. The van der Waals surface area contributed by atoms with E-state index >= 15 is 0 Å². The van der Waals surface area contributed by atoms with E-state index in [9.17, 15) is 9.90 Å². The van der Waals surface area contributed by atoms with Gasteiger partial charge in [0.25, 0.3) is 6.47 Å². The lowest BCUT2D eigenvalue weighted by molar-refractivity contribution is -0.946.